The molecule has 1 aliphatic heterocycles. The first-order valence-corrected chi connectivity index (χ1v) is 5.00. The Morgan fingerprint density at radius 1 is 1.38 bits per heavy atom. The van der Waals surface area contributed by atoms with Crippen LogP contribution in [0.5, 0.6) is 0 Å². The fourth-order valence-corrected chi connectivity index (χ4v) is 1.74. The molecule has 7 heteroatoms. The van der Waals surface area contributed by atoms with E-state index in [4.69, 9.17) is 0 Å². The second-order valence-electron chi connectivity index (χ2n) is 4.36. The van der Waals surface area contributed by atoms with E-state index in [9.17, 15) is 18.0 Å². The van der Waals surface area contributed by atoms with E-state index < -0.39 is 12.1 Å². The number of nitrogens with two attached hydrogens (primary N) is 1. The number of carbonyl (C=O) groups is 1. The quantitative estimate of drug-likeness (QED) is 0.547. The lowest BCUT2D eigenvalue weighted by Gasteiger charge is -2.32. The minimum Gasteiger partial charge on any atom is -1.00 e. The Morgan fingerprint density at radius 2 is 1.88 bits per heavy atom. The van der Waals surface area contributed by atoms with Crippen LogP contribution in [-0.4, -0.2) is 31.7 Å². The maximum absolute atomic E-state index is 11.9. The van der Waals surface area contributed by atoms with Crippen molar-refractivity contribution in [3.05, 3.63) is 0 Å². The number of quaternary nitrogens is 1. The van der Waals surface area contributed by atoms with Crippen LogP contribution < -0.4 is 23.0 Å². The Bertz CT molecular complexity index is 239. The maximum Gasteiger partial charge on any atom is 0.471 e. The second-order valence-corrected chi connectivity index (χ2v) is 4.36. The van der Waals surface area contributed by atoms with E-state index in [1.807, 2.05) is 12.2 Å². The zero-order valence-corrected chi connectivity index (χ0v) is 9.79. The summed E-state index contributed by atoms with van der Waals surface area (Å²) < 4.78 is 35.7. The van der Waals surface area contributed by atoms with Crippen LogP contribution in [-0.2, 0) is 4.79 Å². The lowest BCUT2D eigenvalue weighted by molar-refractivity contribution is -0.667. The van der Waals surface area contributed by atoms with Crippen LogP contribution in [0.2, 0.25) is 0 Å². The van der Waals surface area contributed by atoms with Gasteiger partial charge in [0.15, 0.2) is 0 Å². The molecule has 0 aromatic heterocycles. The van der Waals surface area contributed by atoms with Gasteiger partial charge in [-0.25, -0.2) is 0 Å². The number of halogens is 4. The third kappa shape index (κ3) is 4.57. The summed E-state index contributed by atoms with van der Waals surface area (Å²) in [6.45, 7) is 3.85. The van der Waals surface area contributed by atoms with E-state index in [-0.39, 0.29) is 24.4 Å². The molecule has 0 bridgehead atoms. The van der Waals surface area contributed by atoms with Crippen LogP contribution in [0.3, 0.4) is 0 Å². The van der Waals surface area contributed by atoms with Crippen LogP contribution in [0, 0.1) is 5.41 Å². The lowest BCUT2D eigenvalue weighted by atomic mass is 9.81. The molecule has 0 radical (unpaired) electrons. The molecule has 0 unspecified atom stereocenters. The molecule has 3 nitrogen and oxygen atoms in total. The van der Waals surface area contributed by atoms with Gasteiger partial charge in [0.05, 0.1) is 13.1 Å². The predicted octanol–water partition coefficient (Wildman–Crippen LogP) is -2.97. The Morgan fingerprint density at radius 3 is 2.31 bits per heavy atom. The largest absolute Gasteiger partial charge is 1.00 e. The fraction of sp³-hybridized carbons (Fsp3) is 0.889. The van der Waals surface area contributed by atoms with Gasteiger partial charge < -0.3 is 23.0 Å². The smallest absolute Gasteiger partial charge is 0.471 e. The molecule has 3 N–H and O–H groups in total. The summed E-state index contributed by atoms with van der Waals surface area (Å²) in [7, 11) is 0. The minimum atomic E-state index is -4.77. The molecule has 0 saturated carbocycles. The predicted molar refractivity (Wildman–Crippen MR) is 48.1 cm³/mol. The molecule has 0 atom stereocenters. The van der Waals surface area contributed by atoms with Crippen molar-refractivity contribution in [2.75, 3.05) is 19.6 Å². The molecule has 1 rings (SSSR count). The molecule has 1 aliphatic rings. The van der Waals surface area contributed by atoms with Gasteiger partial charge in [-0.2, -0.15) is 13.2 Å². The van der Waals surface area contributed by atoms with E-state index in [2.05, 4.69) is 5.32 Å². The molecule has 0 spiro atoms. The van der Waals surface area contributed by atoms with Gasteiger partial charge in [-0.3, -0.25) is 4.79 Å². The summed E-state index contributed by atoms with van der Waals surface area (Å²) >= 11 is 0. The molecular formula is C9H16ClF3N2O. The van der Waals surface area contributed by atoms with Crippen LogP contribution in [0.25, 0.3) is 0 Å². The van der Waals surface area contributed by atoms with E-state index in [1.54, 1.807) is 0 Å². The number of hydrogen-bond acceptors (Lipinski definition) is 1. The number of piperidine rings is 1. The van der Waals surface area contributed by atoms with Gasteiger partial charge in [-0.15, -0.1) is 0 Å². The third-order valence-electron chi connectivity index (χ3n) is 2.84. The monoisotopic (exact) mass is 260 g/mol. The molecule has 1 heterocycles. The molecular weight excluding hydrogens is 245 g/mol. The van der Waals surface area contributed by atoms with Gasteiger partial charge in [0.2, 0.25) is 0 Å². The number of carbonyl (C=O) groups excluding carboxylic acids is 1. The Hall–Kier alpha value is -0.490. The van der Waals surface area contributed by atoms with E-state index >= 15 is 0 Å². The number of nitrogens with one attached hydrogen (secondary N) is 1. The van der Waals surface area contributed by atoms with Crippen molar-refractivity contribution in [3.8, 4) is 0 Å². The van der Waals surface area contributed by atoms with E-state index in [1.165, 1.54) is 0 Å². The molecule has 1 amide bonds. The van der Waals surface area contributed by atoms with Crippen molar-refractivity contribution >= 4 is 5.91 Å². The first-order valence-electron chi connectivity index (χ1n) is 5.00. The first kappa shape index (κ1) is 15.5. The summed E-state index contributed by atoms with van der Waals surface area (Å²) in [4.78, 5) is 10.6. The van der Waals surface area contributed by atoms with Crippen molar-refractivity contribution in [1.29, 1.82) is 0 Å². The highest BCUT2D eigenvalue weighted by Gasteiger charge is 2.40. The van der Waals surface area contributed by atoms with Crippen molar-refractivity contribution in [3.63, 3.8) is 0 Å². The number of alkyl halides is 3. The van der Waals surface area contributed by atoms with Gasteiger partial charge >= 0.3 is 12.1 Å². The average molecular weight is 261 g/mol. The second kappa shape index (κ2) is 5.72. The highest BCUT2D eigenvalue weighted by Crippen LogP contribution is 2.25. The topological polar surface area (TPSA) is 45.7 Å². The fourth-order valence-electron chi connectivity index (χ4n) is 1.74. The Labute approximate surface area is 98.6 Å². The molecule has 16 heavy (non-hydrogen) atoms. The summed E-state index contributed by atoms with van der Waals surface area (Å²) in [6, 6.07) is 0. The van der Waals surface area contributed by atoms with Crippen molar-refractivity contribution in [2.24, 2.45) is 5.41 Å². The zero-order valence-electron chi connectivity index (χ0n) is 9.03. The Balaban J connectivity index is 0.00000225. The third-order valence-corrected chi connectivity index (χ3v) is 2.84. The Kier molecular flexibility index (Phi) is 5.55. The summed E-state index contributed by atoms with van der Waals surface area (Å²) in [5, 5.41) is 4.09. The van der Waals surface area contributed by atoms with Crippen LogP contribution >= 0.6 is 0 Å². The standard InChI is InChI=1S/C9H15F3N2O.ClH/c1-8(2-4-13-5-3-8)6-14-7(15)9(10,11)12;/h13H,2-6H2,1H3,(H,14,15);1H. The molecule has 1 fully saturated rings. The summed E-state index contributed by atoms with van der Waals surface area (Å²) in [5.74, 6) is -1.83. The zero-order chi connectivity index (χ0) is 11.5. The van der Waals surface area contributed by atoms with Gasteiger partial charge in [0, 0.05) is 19.4 Å². The van der Waals surface area contributed by atoms with Gasteiger partial charge in [-0.1, -0.05) is 6.92 Å². The normalized spacial score (nSPS) is 19.8. The highest BCUT2D eigenvalue weighted by molar-refractivity contribution is 5.81. The molecule has 1 saturated heterocycles. The summed E-state index contributed by atoms with van der Waals surface area (Å²) in [5.41, 5.74) is -0.185. The summed E-state index contributed by atoms with van der Waals surface area (Å²) in [6.07, 6.45) is -3.09. The number of hydrogen-bond donors (Lipinski definition) is 2. The van der Waals surface area contributed by atoms with Gasteiger partial charge in [-0.05, 0) is 5.41 Å². The van der Waals surface area contributed by atoms with Crippen LogP contribution in [0.1, 0.15) is 19.8 Å². The van der Waals surface area contributed by atoms with Gasteiger partial charge in [0.1, 0.15) is 0 Å². The number of amides is 1. The van der Waals surface area contributed by atoms with Crippen LogP contribution in [0.4, 0.5) is 13.2 Å². The molecule has 0 aromatic rings. The molecule has 96 valence electrons. The van der Waals surface area contributed by atoms with Crippen molar-refractivity contribution in [1.82, 2.24) is 5.32 Å². The lowest BCUT2D eigenvalue weighted by Crippen LogP contribution is -3.00. The molecule has 0 aliphatic carbocycles. The highest BCUT2D eigenvalue weighted by atomic mass is 35.5. The van der Waals surface area contributed by atoms with Crippen molar-refractivity contribution in [2.45, 2.75) is 25.9 Å². The minimum absolute atomic E-state index is 0. The first-order chi connectivity index (χ1) is 6.83. The van der Waals surface area contributed by atoms with Crippen molar-refractivity contribution < 1.29 is 35.7 Å². The van der Waals surface area contributed by atoms with E-state index in [0.29, 0.717) is 0 Å². The average Bonchev–Trinajstić information content (AvgIpc) is 2.14. The SMILES string of the molecule is CC1(CNC(=O)C(F)(F)F)CC[NH2+]CC1.[Cl-]. The molecule has 0 aromatic carbocycles. The number of rotatable bonds is 2. The van der Waals surface area contributed by atoms with Gasteiger partial charge in [0.25, 0.3) is 0 Å². The van der Waals surface area contributed by atoms with Crippen LogP contribution in [0.15, 0.2) is 0 Å². The van der Waals surface area contributed by atoms with E-state index in [0.717, 1.165) is 25.9 Å². The maximum atomic E-state index is 11.9.